The molecule has 1 amide bonds. The predicted octanol–water partition coefficient (Wildman–Crippen LogP) is -0.103. The number of carbonyl (C=O) groups excluding carboxylic acids is 1. The third-order valence-corrected chi connectivity index (χ3v) is 1.29. The van der Waals surface area contributed by atoms with Gasteiger partial charge in [0.15, 0.2) is 0 Å². The van der Waals surface area contributed by atoms with Crippen molar-refractivity contribution < 1.29 is 9.90 Å². The molecule has 0 saturated heterocycles. The number of carbonyl (C=O) groups is 1. The number of nitrogens with one attached hydrogen (secondary N) is 1. The molecular weight excluding hydrogens is 142 g/mol. The van der Waals surface area contributed by atoms with Crippen LogP contribution in [0.4, 0.5) is 0 Å². The number of rotatable bonds is 3. The van der Waals surface area contributed by atoms with E-state index in [0.717, 1.165) is 0 Å². The largest absolute Gasteiger partial charge is 0.394 e. The molecule has 3 nitrogen and oxygen atoms in total. The van der Waals surface area contributed by atoms with Crippen LogP contribution in [0.2, 0.25) is 0 Å². The highest BCUT2D eigenvalue weighted by Crippen LogP contribution is 1.87. The van der Waals surface area contributed by atoms with E-state index in [4.69, 9.17) is 5.11 Å². The molecule has 0 aliphatic carbocycles. The van der Waals surface area contributed by atoms with Gasteiger partial charge in [-0.1, -0.05) is 12.8 Å². The first kappa shape index (κ1) is 9.99. The molecular formula is C8H13NO2. The van der Waals surface area contributed by atoms with Gasteiger partial charge in [0.1, 0.15) is 0 Å². The zero-order valence-electron chi connectivity index (χ0n) is 6.85. The lowest BCUT2D eigenvalue weighted by atomic mass is 10.2. The molecule has 0 aromatic carbocycles. The van der Waals surface area contributed by atoms with Crippen LogP contribution in [-0.2, 0) is 4.79 Å². The standard InChI is InChI=1S/C8H13NO2/c1-3-5-8(11)9-7(4-2)6-10/h7,10H,4,6H2,1-2H3,(H,9,11). The zero-order chi connectivity index (χ0) is 8.69. The monoisotopic (exact) mass is 155 g/mol. The van der Waals surface area contributed by atoms with Crippen LogP contribution in [0.15, 0.2) is 0 Å². The highest BCUT2D eigenvalue weighted by molar-refractivity contribution is 5.93. The molecule has 1 unspecified atom stereocenters. The Morgan fingerprint density at radius 1 is 1.73 bits per heavy atom. The minimum atomic E-state index is -0.326. The highest BCUT2D eigenvalue weighted by Gasteiger charge is 2.05. The molecule has 1 atom stereocenters. The normalized spacial score (nSPS) is 11.2. The second kappa shape index (κ2) is 5.75. The van der Waals surface area contributed by atoms with E-state index in [9.17, 15) is 4.79 Å². The van der Waals surface area contributed by atoms with Crippen LogP contribution in [0.1, 0.15) is 20.3 Å². The Hall–Kier alpha value is -1.01. The Morgan fingerprint density at radius 3 is 2.73 bits per heavy atom. The first-order valence-electron chi connectivity index (χ1n) is 3.58. The van der Waals surface area contributed by atoms with Crippen molar-refractivity contribution in [1.82, 2.24) is 5.32 Å². The number of aliphatic hydroxyl groups is 1. The highest BCUT2D eigenvalue weighted by atomic mass is 16.3. The average Bonchev–Trinajstić information content (AvgIpc) is 2.01. The number of hydrogen-bond acceptors (Lipinski definition) is 2. The minimum Gasteiger partial charge on any atom is -0.394 e. The molecule has 0 saturated carbocycles. The first-order chi connectivity index (χ1) is 5.24. The van der Waals surface area contributed by atoms with Crippen LogP contribution in [0, 0.1) is 11.8 Å². The number of hydrogen-bond donors (Lipinski definition) is 2. The predicted molar refractivity (Wildman–Crippen MR) is 42.8 cm³/mol. The van der Waals surface area contributed by atoms with E-state index in [1.807, 2.05) is 6.92 Å². The van der Waals surface area contributed by atoms with E-state index in [0.29, 0.717) is 6.42 Å². The maximum absolute atomic E-state index is 10.8. The SMILES string of the molecule is CC#CC(=O)NC(CC)CO. The zero-order valence-corrected chi connectivity index (χ0v) is 6.85. The lowest BCUT2D eigenvalue weighted by Crippen LogP contribution is -2.36. The van der Waals surface area contributed by atoms with E-state index >= 15 is 0 Å². The fraction of sp³-hybridized carbons (Fsp3) is 0.625. The van der Waals surface area contributed by atoms with Crippen LogP contribution in [0.5, 0.6) is 0 Å². The molecule has 0 heterocycles. The smallest absolute Gasteiger partial charge is 0.296 e. The average molecular weight is 155 g/mol. The van der Waals surface area contributed by atoms with Gasteiger partial charge in [0.2, 0.25) is 0 Å². The van der Waals surface area contributed by atoms with E-state index in [1.165, 1.54) is 0 Å². The van der Waals surface area contributed by atoms with Gasteiger partial charge < -0.3 is 10.4 Å². The van der Waals surface area contributed by atoms with Gasteiger partial charge in [-0.3, -0.25) is 4.79 Å². The molecule has 0 spiro atoms. The Morgan fingerprint density at radius 2 is 2.36 bits per heavy atom. The third-order valence-electron chi connectivity index (χ3n) is 1.29. The number of aliphatic hydroxyl groups excluding tert-OH is 1. The van der Waals surface area contributed by atoms with Crippen molar-refractivity contribution in [2.24, 2.45) is 0 Å². The second-order valence-corrected chi connectivity index (χ2v) is 2.14. The molecule has 3 heteroatoms. The van der Waals surface area contributed by atoms with Crippen LogP contribution in [0.25, 0.3) is 0 Å². The van der Waals surface area contributed by atoms with Crippen molar-refractivity contribution in [3.8, 4) is 11.8 Å². The Balaban J connectivity index is 3.78. The van der Waals surface area contributed by atoms with Gasteiger partial charge in [0.05, 0.1) is 12.6 Å². The maximum Gasteiger partial charge on any atom is 0.296 e. The molecule has 0 aliphatic heterocycles. The third kappa shape index (κ3) is 4.40. The molecule has 0 aliphatic rings. The van der Waals surface area contributed by atoms with E-state index < -0.39 is 0 Å². The quantitative estimate of drug-likeness (QED) is 0.559. The first-order valence-corrected chi connectivity index (χ1v) is 3.58. The summed E-state index contributed by atoms with van der Waals surface area (Å²) in [4.78, 5) is 10.8. The molecule has 0 fully saturated rings. The van der Waals surface area contributed by atoms with E-state index in [1.54, 1.807) is 6.92 Å². The summed E-state index contributed by atoms with van der Waals surface area (Å²) in [5.41, 5.74) is 0. The van der Waals surface area contributed by atoms with Crippen LogP contribution >= 0.6 is 0 Å². The van der Waals surface area contributed by atoms with E-state index in [2.05, 4.69) is 17.2 Å². The van der Waals surface area contributed by atoms with Gasteiger partial charge in [-0.05, 0) is 19.3 Å². The van der Waals surface area contributed by atoms with Crippen molar-refractivity contribution in [3.63, 3.8) is 0 Å². The molecule has 0 aromatic rings. The van der Waals surface area contributed by atoms with Crippen molar-refractivity contribution in [1.29, 1.82) is 0 Å². The second-order valence-electron chi connectivity index (χ2n) is 2.14. The Bertz CT molecular complexity index is 174. The molecule has 0 bridgehead atoms. The minimum absolute atomic E-state index is 0.0341. The topological polar surface area (TPSA) is 49.3 Å². The fourth-order valence-electron chi connectivity index (χ4n) is 0.612. The van der Waals surface area contributed by atoms with Gasteiger partial charge >= 0.3 is 0 Å². The maximum atomic E-state index is 10.8. The van der Waals surface area contributed by atoms with Gasteiger partial charge in [0.25, 0.3) is 5.91 Å². The van der Waals surface area contributed by atoms with Crippen LogP contribution in [0.3, 0.4) is 0 Å². The summed E-state index contributed by atoms with van der Waals surface area (Å²) in [6.45, 7) is 3.45. The summed E-state index contributed by atoms with van der Waals surface area (Å²) in [6.07, 6.45) is 0.716. The lowest BCUT2D eigenvalue weighted by molar-refractivity contribution is -0.116. The van der Waals surface area contributed by atoms with Crippen molar-refractivity contribution >= 4 is 5.91 Å². The van der Waals surface area contributed by atoms with Gasteiger partial charge in [-0.2, -0.15) is 0 Å². The molecule has 11 heavy (non-hydrogen) atoms. The van der Waals surface area contributed by atoms with Crippen molar-refractivity contribution in [3.05, 3.63) is 0 Å². The summed E-state index contributed by atoms with van der Waals surface area (Å²) < 4.78 is 0. The molecule has 0 radical (unpaired) electrons. The lowest BCUT2D eigenvalue weighted by Gasteiger charge is -2.10. The Kier molecular flexibility index (Phi) is 5.22. The summed E-state index contributed by atoms with van der Waals surface area (Å²) in [5.74, 6) is 4.49. The van der Waals surface area contributed by atoms with Gasteiger partial charge in [0, 0.05) is 0 Å². The molecule has 0 aromatic heterocycles. The molecule has 2 N–H and O–H groups in total. The van der Waals surface area contributed by atoms with Crippen LogP contribution < -0.4 is 5.32 Å². The summed E-state index contributed by atoms with van der Waals surface area (Å²) in [5, 5.41) is 11.2. The summed E-state index contributed by atoms with van der Waals surface area (Å²) in [6, 6.07) is -0.164. The van der Waals surface area contributed by atoms with Crippen LogP contribution in [-0.4, -0.2) is 23.7 Å². The van der Waals surface area contributed by atoms with Gasteiger partial charge in [-0.25, -0.2) is 0 Å². The molecule has 62 valence electrons. The summed E-state index contributed by atoms with van der Waals surface area (Å²) in [7, 11) is 0. The fourth-order valence-corrected chi connectivity index (χ4v) is 0.612. The molecule has 0 rings (SSSR count). The Labute approximate surface area is 66.8 Å². The van der Waals surface area contributed by atoms with Gasteiger partial charge in [-0.15, -0.1) is 0 Å². The van der Waals surface area contributed by atoms with Crippen molar-refractivity contribution in [2.75, 3.05) is 6.61 Å². The summed E-state index contributed by atoms with van der Waals surface area (Å²) >= 11 is 0. The number of amides is 1. The van der Waals surface area contributed by atoms with E-state index in [-0.39, 0.29) is 18.6 Å². The van der Waals surface area contributed by atoms with Crippen molar-refractivity contribution in [2.45, 2.75) is 26.3 Å².